The van der Waals surface area contributed by atoms with Crippen LogP contribution < -0.4 is 4.74 Å². The standard InChI is InChI=1S/C21H20O5/c1-14(22)25-18-12-10-16(11-13-18)15-6-8-17(9-7-15)21(24)26-20-5-3-2-4-19(20)23/h6-13,20H,2-5H2,1H3/t20-/m0/s1. The number of Topliss-reactive ketones (excluding diaryl/α,β-unsaturated/α-hetero) is 1. The van der Waals surface area contributed by atoms with E-state index >= 15 is 0 Å². The van der Waals surface area contributed by atoms with Crippen LogP contribution in [0.25, 0.3) is 11.1 Å². The summed E-state index contributed by atoms with van der Waals surface area (Å²) in [5.41, 5.74) is 2.27. The van der Waals surface area contributed by atoms with Gasteiger partial charge in [-0.15, -0.1) is 0 Å². The quantitative estimate of drug-likeness (QED) is 0.615. The van der Waals surface area contributed by atoms with Gasteiger partial charge in [-0.2, -0.15) is 0 Å². The number of hydrogen-bond acceptors (Lipinski definition) is 5. The van der Waals surface area contributed by atoms with E-state index in [-0.39, 0.29) is 11.8 Å². The fourth-order valence-electron chi connectivity index (χ4n) is 2.95. The van der Waals surface area contributed by atoms with Crippen molar-refractivity contribution >= 4 is 17.7 Å². The second-order valence-corrected chi connectivity index (χ2v) is 6.30. The van der Waals surface area contributed by atoms with Crippen LogP contribution >= 0.6 is 0 Å². The molecule has 2 aromatic rings. The Kier molecular flexibility index (Phi) is 5.46. The molecule has 0 aliphatic heterocycles. The maximum absolute atomic E-state index is 12.2. The molecule has 0 spiro atoms. The van der Waals surface area contributed by atoms with E-state index in [2.05, 4.69) is 0 Å². The fourth-order valence-corrected chi connectivity index (χ4v) is 2.95. The van der Waals surface area contributed by atoms with Gasteiger partial charge in [0.25, 0.3) is 0 Å². The number of hydrogen-bond donors (Lipinski definition) is 0. The van der Waals surface area contributed by atoms with Gasteiger partial charge in [-0.25, -0.2) is 4.79 Å². The topological polar surface area (TPSA) is 69.7 Å². The number of esters is 2. The van der Waals surface area contributed by atoms with E-state index in [9.17, 15) is 14.4 Å². The van der Waals surface area contributed by atoms with E-state index in [1.54, 1.807) is 24.3 Å². The van der Waals surface area contributed by atoms with Gasteiger partial charge in [-0.3, -0.25) is 9.59 Å². The summed E-state index contributed by atoms with van der Waals surface area (Å²) < 4.78 is 10.4. The van der Waals surface area contributed by atoms with Crippen LogP contribution in [0.1, 0.15) is 43.0 Å². The van der Waals surface area contributed by atoms with Crippen molar-refractivity contribution in [1.82, 2.24) is 0 Å². The molecule has 1 saturated carbocycles. The lowest BCUT2D eigenvalue weighted by molar-refractivity contribution is -0.132. The van der Waals surface area contributed by atoms with Crippen LogP contribution in [0.5, 0.6) is 5.75 Å². The van der Waals surface area contributed by atoms with Gasteiger partial charge in [0.2, 0.25) is 0 Å². The highest BCUT2D eigenvalue weighted by molar-refractivity contribution is 5.93. The molecule has 1 aliphatic rings. The van der Waals surface area contributed by atoms with E-state index in [4.69, 9.17) is 9.47 Å². The maximum Gasteiger partial charge on any atom is 0.338 e. The predicted molar refractivity (Wildman–Crippen MR) is 95.9 cm³/mol. The van der Waals surface area contributed by atoms with Crippen molar-refractivity contribution in [2.24, 2.45) is 0 Å². The van der Waals surface area contributed by atoms with Gasteiger partial charge in [-0.05, 0) is 54.7 Å². The van der Waals surface area contributed by atoms with Crippen LogP contribution in [0.3, 0.4) is 0 Å². The molecule has 26 heavy (non-hydrogen) atoms. The van der Waals surface area contributed by atoms with Crippen molar-refractivity contribution in [3.63, 3.8) is 0 Å². The first-order chi connectivity index (χ1) is 12.5. The molecule has 0 saturated heterocycles. The van der Waals surface area contributed by atoms with Gasteiger partial charge in [-0.1, -0.05) is 24.3 Å². The molecule has 134 valence electrons. The Morgan fingerprint density at radius 2 is 1.54 bits per heavy atom. The summed E-state index contributed by atoms with van der Waals surface area (Å²) in [5.74, 6) is -0.341. The van der Waals surface area contributed by atoms with Crippen LogP contribution in [0, 0.1) is 0 Å². The second kappa shape index (κ2) is 7.95. The second-order valence-electron chi connectivity index (χ2n) is 6.30. The number of ketones is 1. The summed E-state index contributed by atoms with van der Waals surface area (Å²) in [5, 5.41) is 0. The zero-order valence-electron chi connectivity index (χ0n) is 14.6. The summed E-state index contributed by atoms with van der Waals surface area (Å²) in [4.78, 5) is 35.0. The highest BCUT2D eigenvalue weighted by Crippen LogP contribution is 2.24. The molecule has 5 heteroatoms. The van der Waals surface area contributed by atoms with Crippen molar-refractivity contribution in [1.29, 1.82) is 0 Å². The normalized spacial score (nSPS) is 16.8. The van der Waals surface area contributed by atoms with E-state index in [0.717, 1.165) is 24.0 Å². The molecule has 3 rings (SSSR count). The number of ether oxygens (including phenoxy) is 2. The van der Waals surface area contributed by atoms with Crippen molar-refractivity contribution in [2.45, 2.75) is 38.7 Å². The van der Waals surface area contributed by atoms with Crippen LogP contribution in [-0.4, -0.2) is 23.8 Å². The first-order valence-corrected chi connectivity index (χ1v) is 8.65. The molecule has 0 bridgehead atoms. The Labute approximate surface area is 151 Å². The van der Waals surface area contributed by atoms with Gasteiger partial charge in [0.05, 0.1) is 5.56 Å². The van der Waals surface area contributed by atoms with Gasteiger partial charge < -0.3 is 9.47 Å². The minimum Gasteiger partial charge on any atom is -0.451 e. The highest BCUT2D eigenvalue weighted by atomic mass is 16.5. The molecule has 0 N–H and O–H groups in total. The van der Waals surface area contributed by atoms with E-state index in [1.165, 1.54) is 6.92 Å². The lowest BCUT2D eigenvalue weighted by atomic mass is 9.96. The molecule has 1 atom stereocenters. The third-order valence-electron chi connectivity index (χ3n) is 4.32. The van der Waals surface area contributed by atoms with Crippen LogP contribution in [0.2, 0.25) is 0 Å². The number of rotatable bonds is 4. The Balaban J connectivity index is 1.66. The molecular formula is C21H20O5. The molecule has 1 fully saturated rings. The zero-order valence-corrected chi connectivity index (χ0v) is 14.6. The zero-order chi connectivity index (χ0) is 18.5. The minimum atomic E-state index is -0.607. The van der Waals surface area contributed by atoms with Crippen molar-refractivity contribution in [3.8, 4) is 16.9 Å². The number of benzene rings is 2. The summed E-state index contributed by atoms with van der Waals surface area (Å²) in [7, 11) is 0. The van der Waals surface area contributed by atoms with Crippen LogP contribution in [-0.2, 0) is 14.3 Å². The minimum absolute atomic E-state index is 0.00842. The van der Waals surface area contributed by atoms with E-state index in [0.29, 0.717) is 24.2 Å². The number of carbonyl (C=O) groups is 3. The lowest BCUT2D eigenvalue weighted by Crippen LogP contribution is -2.30. The van der Waals surface area contributed by atoms with Crippen molar-refractivity contribution in [2.75, 3.05) is 0 Å². The Bertz CT molecular complexity index is 805. The van der Waals surface area contributed by atoms with Crippen LogP contribution in [0.4, 0.5) is 0 Å². The van der Waals surface area contributed by atoms with Crippen molar-refractivity contribution < 1.29 is 23.9 Å². The molecule has 2 aromatic carbocycles. The van der Waals surface area contributed by atoms with Crippen LogP contribution in [0.15, 0.2) is 48.5 Å². The number of carbonyl (C=O) groups excluding carboxylic acids is 3. The molecule has 0 aromatic heterocycles. The summed E-state index contributed by atoms with van der Waals surface area (Å²) in [6.45, 7) is 1.35. The molecule has 1 aliphatic carbocycles. The molecule has 0 heterocycles. The average molecular weight is 352 g/mol. The summed E-state index contributed by atoms with van der Waals surface area (Å²) in [6.07, 6.45) is 2.27. The van der Waals surface area contributed by atoms with Gasteiger partial charge in [0.15, 0.2) is 11.9 Å². The Hall–Kier alpha value is -2.95. The fraction of sp³-hybridized carbons (Fsp3) is 0.286. The van der Waals surface area contributed by atoms with Gasteiger partial charge in [0.1, 0.15) is 5.75 Å². The monoisotopic (exact) mass is 352 g/mol. The average Bonchev–Trinajstić information content (AvgIpc) is 2.64. The van der Waals surface area contributed by atoms with E-state index in [1.807, 2.05) is 24.3 Å². The first kappa shape index (κ1) is 17.9. The third-order valence-corrected chi connectivity index (χ3v) is 4.32. The molecular weight excluding hydrogens is 332 g/mol. The van der Waals surface area contributed by atoms with Gasteiger partial charge in [0, 0.05) is 13.3 Å². The Morgan fingerprint density at radius 1 is 0.923 bits per heavy atom. The predicted octanol–water partition coefficient (Wildman–Crippen LogP) is 3.95. The molecule has 5 nitrogen and oxygen atoms in total. The highest BCUT2D eigenvalue weighted by Gasteiger charge is 2.26. The molecule has 0 radical (unpaired) electrons. The van der Waals surface area contributed by atoms with E-state index < -0.39 is 12.1 Å². The van der Waals surface area contributed by atoms with Crippen molar-refractivity contribution in [3.05, 3.63) is 54.1 Å². The lowest BCUT2D eigenvalue weighted by Gasteiger charge is -2.20. The third kappa shape index (κ3) is 4.36. The summed E-state index contributed by atoms with van der Waals surface area (Å²) >= 11 is 0. The van der Waals surface area contributed by atoms with Gasteiger partial charge >= 0.3 is 11.9 Å². The molecule has 0 amide bonds. The first-order valence-electron chi connectivity index (χ1n) is 8.65. The Morgan fingerprint density at radius 3 is 2.12 bits per heavy atom. The molecule has 0 unspecified atom stereocenters. The smallest absolute Gasteiger partial charge is 0.338 e. The summed E-state index contributed by atoms with van der Waals surface area (Å²) in [6, 6.07) is 14.1. The largest absolute Gasteiger partial charge is 0.451 e. The SMILES string of the molecule is CC(=O)Oc1ccc(-c2ccc(C(=O)O[C@H]3CCCCC3=O)cc2)cc1. The maximum atomic E-state index is 12.2.